The van der Waals surface area contributed by atoms with Gasteiger partial charge in [0, 0.05) is 25.3 Å². The van der Waals surface area contributed by atoms with Crippen LogP contribution in [-0.4, -0.2) is 62.8 Å². The summed E-state index contributed by atoms with van der Waals surface area (Å²) in [6.07, 6.45) is 1.47. The second kappa shape index (κ2) is 12.2. The zero-order valence-electron chi connectivity index (χ0n) is 18.3. The molecule has 3 N–H and O–H groups in total. The Labute approximate surface area is 169 Å². The summed E-state index contributed by atoms with van der Waals surface area (Å²) in [4.78, 5) is 18.6. The molecule has 0 aliphatic rings. The van der Waals surface area contributed by atoms with Gasteiger partial charge in [0.15, 0.2) is 5.96 Å². The molecule has 158 valence electrons. The molecule has 28 heavy (non-hydrogen) atoms. The minimum atomic E-state index is -0.506. The predicted molar refractivity (Wildman–Crippen MR) is 117 cm³/mol. The fourth-order valence-corrected chi connectivity index (χ4v) is 2.42. The highest BCUT2D eigenvalue weighted by Crippen LogP contribution is 2.13. The van der Waals surface area contributed by atoms with Gasteiger partial charge in [-0.05, 0) is 78.9 Å². The number of ether oxygens (including phenoxy) is 1. The fourth-order valence-electron chi connectivity index (χ4n) is 2.42. The minimum Gasteiger partial charge on any atom is -0.444 e. The molecule has 0 aliphatic heterocycles. The molecule has 0 saturated carbocycles. The van der Waals surface area contributed by atoms with Crippen LogP contribution >= 0.6 is 0 Å². The maximum atomic E-state index is 11.8. The van der Waals surface area contributed by atoms with E-state index >= 15 is 0 Å². The Balaban J connectivity index is 2.42. The zero-order chi connectivity index (χ0) is 21.0. The molecular formula is C21H37N5O2. The molecule has 0 aromatic heterocycles. The molecule has 0 saturated heterocycles. The third-order valence-corrected chi connectivity index (χ3v) is 3.68. The van der Waals surface area contributed by atoms with E-state index in [0.29, 0.717) is 0 Å². The number of hydrogen-bond donors (Lipinski definition) is 3. The molecule has 0 bridgehead atoms. The van der Waals surface area contributed by atoms with Gasteiger partial charge < -0.3 is 20.3 Å². The average Bonchev–Trinajstić information content (AvgIpc) is 2.58. The van der Waals surface area contributed by atoms with E-state index in [9.17, 15) is 4.79 Å². The van der Waals surface area contributed by atoms with Crippen molar-refractivity contribution in [3.63, 3.8) is 0 Å². The van der Waals surface area contributed by atoms with Crippen LogP contribution in [0.25, 0.3) is 0 Å². The maximum absolute atomic E-state index is 11.8. The lowest BCUT2D eigenvalue weighted by atomic mass is 10.1. The van der Waals surface area contributed by atoms with Crippen LogP contribution < -0.4 is 16.0 Å². The van der Waals surface area contributed by atoms with E-state index in [2.05, 4.69) is 46.9 Å². The van der Waals surface area contributed by atoms with Crippen molar-refractivity contribution >= 4 is 17.7 Å². The van der Waals surface area contributed by atoms with E-state index in [1.165, 1.54) is 5.56 Å². The number of carbonyl (C=O) groups is 1. The third kappa shape index (κ3) is 11.4. The smallest absolute Gasteiger partial charge is 0.412 e. The fraction of sp³-hybridized carbons (Fsp3) is 0.619. The highest BCUT2D eigenvalue weighted by molar-refractivity contribution is 5.84. The number of carbonyl (C=O) groups excluding carboxylic acids is 1. The minimum absolute atomic E-state index is 0.442. The van der Waals surface area contributed by atoms with Crippen molar-refractivity contribution in [2.24, 2.45) is 4.99 Å². The van der Waals surface area contributed by atoms with Crippen LogP contribution in [0.3, 0.4) is 0 Å². The largest absolute Gasteiger partial charge is 0.444 e. The summed E-state index contributed by atoms with van der Waals surface area (Å²) in [5, 5.41) is 9.38. The molecule has 1 aromatic carbocycles. The summed E-state index contributed by atoms with van der Waals surface area (Å²) in [5.41, 5.74) is 1.40. The van der Waals surface area contributed by atoms with E-state index in [1.54, 1.807) is 0 Å². The van der Waals surface area contributed by atoms with Gasteiger partial charge in [-0.1, -0.05) is 12.1 Å². The molecule has 0 fully saturated rings. The first-order valence-corrected chi connectivity index (χ1v) is 9.95. The van der Waals surface area contributed by atoms with Crippen LogP contribution in [0.1, 0.15) is 39.7 Å². The standard InChI is InChI=1S/C21H37N5O2/c1-7-22-19(23-14-8-16-26(5)6)24-15-13-17-9-11-18(12-10-17)25-20(27)28-21(2,3)4/h9-12H,7-8,13-16H2,1-6H3,(H,25,27)(H2,22,23,24). The number of hydrogen-bond acceptors (Lipinski definition) is 4. The van der Waals surface area contributed by atoms with E-state index in [1.807, 2.05) is 45.0 Å². The number of aliphatic imine (C=N–C) groups is 1. The monoisotopic (exact) mass is 391 g/mol. The van der Waals surface area contributed by atoms with Crippen molar-refractivity contribution in [1.29, 1.82) is 0 Å². The average molecular weight is 392 g/mol. The Morgan fingerprint density at radius 3 is 2.39 bits per heavy atom. The van der Waals surface area contributed by atoms with Gasteiger partial charge in [0.1, 0.15) is 5.60 Å². The number of anilines is 1. The summed E-state index contributed by atoms with van der Waals surface area (Å²) in [5.74, 6) is 0.851. The van der Waals surface area contributed by atoms with Crippen LogP contribution in [0.4, 0.5) is 10.5 Å². The first kappa shape index (κ1) is 23.8. The van der Waals surface area contributed by atoms with Crippen LogP contribution in [-0.2, 0) is 11.2 Å². The Kier molecular flexibility index (Phi) is 10.4. The number of rotatable bonds is 9. The lowest BCUT2D eigenvalue weighted by Gasteiger charge is -2.19. The van der Waals surface area contributed by atoms with Gasteiger partial charge >= 0.3 is 6.09 Å². The molecule has 0 spiro atoms. The van der Waals surface area contributed by atoms with Gasteiger partial charge in [0.2, 0.25) is 0 Å². The first-order valence-electron chi connectivity index (χ1n) is 9.95. The molecule has 0 heterocycles. The zero-order valence-corrected chi connectivity index (χ0v) is 18.3. The molecule has 7 nitrogen and oxygen atoms in total. The van der Waals surface area contributed by atoms with Gasteiger partial charge in [0.25, 0.3) is 0 Å². The van der Waals surface area contributed by atoms with Gasteiger partial charge in [-0.15, -0.1) is 0 Å². The van der Waals surface area contributed by atoms with E-state index in [4.69, 9.17) is 4.74 Å². The van der Waals surface area contributed by atoms with Crippen LogP contribution in [0, 0.1) is 0 Å². The number of guanidine groups is 1. The van der Waals surface area contributed by atoms with Gasteiger partial charge in [-0.2, -0.15) is 0 Å². The molecule has 1 rings (SSSR count). The predicted octanol–water partition coefficient (Wildman–Crippen LogP) is 3.08. The van der Waals surface area contributed by atoms with Crippen molar-refractivity contribution in [1.82, 2.24) is 15.5 Å². The van der Waals surface area contributed by atoms with E-state index in [-0.39, 0.29) is 0 Å². The number of nitrogens with zero attached hydrogens (tertiary/aromatic N) is 2. The normalized spacial score (nSPS) is 12.0. The summed E-state index contributed by atoms with van der Waals surface area (Å²) in [6.45, 7) is 11.1. The second-order valence-corrected chi connectivity index (χ2v) is 7.92. The van der Waals surface area contributed by atoms with E-state index in [0.717, 1.165) is 50.7 Å². The molecule has 0 atom stereocenters. The Morgan fingerprint density at radius 1 is 1.14 bits per heavy atom. The number of benzene rings is 1. The van der Waals surface area contributed by atoms with Gasteiger partial charge in [-0.25, -0.2) is 4.79 Å². The van der Waals surface area contributed by atoms with Crippen molar-refractivity contribution in [3.8, 4) is 0 Å². The highest BCUT2D eigenvalue weighted by Gasteiger charge is 2.16. The summed E-state index contributed by atoms with van der Waals surface area (Å²) < 4.78 is 5.26. The summed E-state index contributed by atoms with van der Waals surface area (Å²) >= 11 is 0. The van der Waals surface area contributed by atoms with Crippen LogP contribution in [0.15, 0.2) is 29.3 Å². The van der Waals surface area contributed by atoms with Crippen molar-refractivity contribution in [2.75, 3.05) is 45.6 Å². The first-order chi connectivity index (χ1) is 13.2. The molecule has 7 heteroatoms. The van der Waals surface area contributed by atoms with E-state index < -0.39 is 11.7 Å². The maximum Gasteiger partial charge on any atom is 0.412 e. The lowest BCUT2D eigenvalue weighted by molar-refractivity contribution is 0.0636. The van der Waals surface area contributed by atoms with Gasteiger partial charge in [-0.3, -0.25) is 10.3 Å². The second-order valence-electron chi connectivity index (χ2n) is 7.92. The molecule has 0 aliphatic carbocycles. The molecule has 0 radical (unpaired) electrons. The SMILES string of the molecule is CCNC(=NCCCN(C)C)NCCc1ccc(NC(=O)OC(C)(C)C)cc1. The Bertz CT molecular complexity index is 606. The van der Waals surface area contributed by atoms with Crippen molar-refractivity contribution in [2.45, 2.75) is 46.1 Å². The van der Waals surface area contributed by atoms with Crippen molar-refractivity contribution < 1.29 is 9.53 Å². The summed E-state index contributed by atoms with van der Waals surface area (Å²) in [6, 6.07) is 7.80. The molecular weight excluding hydrogens is 354 g/mol. The molecule has 1 aromatic rings. The molecule has 1 amide bonds. The summed E-state index contributed by atoms with van der Waals surface area (Å²) in [7, 11) is 4.14. The van der Waals surface area contributed by atoms with Crippen LogP contribution in [0.2, 0.25) is 0 Å². The lowest BCUT2D eigenvalue weighted by Crippen LogP contribution is -2.38. The molecule has 0 unspecified atom stereocenters. The Morgan fingerprint density at radius 2 is 1.82 bits per heavy atom. The number of nitrogens with one attached hydrogen (secondary N) is 3. The Hall–Kier alpha value is -2.28. The van der Waals surface area contributed by atoms with Gasteiger partial charge in [0.05, 0.1) is 0 Å². The van der Waals surface area contributed by atoms with Crippen molar-refractivity contribution in [3.05, 3.63) is 29.8 Å². The third-order valence-electron chi connectivity index (χ3n) is 3.68. The van der Waals surface area contributed by atoms with Crippen LogP contribution in [0.5, 0.6) is 0 Å². The topological polar surface area (TPSA) is 78.0 Å². The number of amides is 1. The quantitative estimate of drug-likeness (QED) is 0.343. The highest BCUT2D eigenvalue weighted by atomic mass is 16.6.